The Morgan fingerprint density at radius 2 is 1.78 bits per heavy atom. The summed E-state index contributed by atoms with van der Waals surface area (Å²) in [5.74, 6) is -0.771. The van der Waals surface area contributed by atoms with Crippen molar-refractivity contribution in [3.05, 3.63) is 89.1 Å². The second kappa shape index (κ2) is 8.93. The maximum absolute atomic E-state index is 12.7. The van der Waals surface area contributed by atoms with E-state index in [0.29, 0.717) is 22.3 Å². The van der Waals surface area contributed by atoms with Crippen LogP contribution in [0.1, 0.15) is 27.6 Å². The fraction of sp³-hybridized carbons (Fsp3) is 0.0833. The molecule has 0 aliphatic rings. The van der Waals surface area contributed by atoms with E-state index in [0.717, 1.165) is 0 Å². The molecule has 8 nitrogen and oxygen atoms in total. The number of hydrogen-bond donors (Lipinski definition) is 1. The van der Waals surface area contributed by atoms with Gasteiger partial charge in [-0.25, -0.2) is 9.59 Å². The van der Waals surface area contributed by atoms with Crippen LogP contribution in [0.15, 0.2) is 77.2 Å². The van der Waals surface area contributed by atoms with Gasteiger partial charge in [0.2, 0.25) is 0 Å². The van der Waals surface area contributed by atoms with Crippen molar-refractivity contribution in [1.29, 1.82) is 0 Å². The lowest BCUT2D eigenvalue weighted by atomic mass is 10.1. The van der Waals surface area contributed by atoms with E-state index >= 15 is 0 Å². The molecule has 0 saturated heterocycles. The van der Waals surface area contributed by atoms with Gasteiger partial charge in [0.15, 0.2) is 0 Å². The number of nitrogens with zero attached hydrogens (tertiary/aromatic N) is 1. The Balaban J connectivity index is 1.73. The minimum Gasteiger partial charge on any atom is -0.733 e. The summed E-state index contributed by atoms with van der Waals surface area (Å²) in [4.78, 5) is 25.3. The van der Waals surface area contributed by atoms with Gasteiger partial charge in [0, 0.05) is 10.9 Å². The number of anilines is 1. The number of hydrogen-bond acceptors (Lipinski definition) is 8. The summed E-state index contributed by atoms with van der Waals surface area (Å²) in [5.41, 5.74) is 1.32. The third kappa shape index (κ3) is 4.18. The van der Waals surface area contributed by atoms with E-state index in [1.54, 1.807) is 13.0 Å². The van der Waals surface area contributed by atoms with Crippen LogP contribution in [0.2, 0.25) is 0 Å². The second-order valence-corrected chi connectivity index (χ2v) is 6.76. The van der Waals surface area contributed by atoms with Gasteiger partial charge in [-0.3, -0.25) is 5.21 Å². The SMILES string of the molecule is CCOC(=O)c1c(-c2ccccc2)oc2ccc(OC(=O)c3cccc(N([O-])O)c3)cc12. The molecule has 0 amide bonds. The van der Waals surface area contributed by atoms with Crippen LogP contribution in [0.25, 0.3) is 22.3 Å². The lowest BCUT2D eigenvalue weighted by Crippen LogP contribution is -2.11. The van der Waals surface area contributed by atoms with Crippen LogP contribution in [0, 0.1) is 5.21 Å². The Morgan fingerprint density at radius 1 is 1.00 bits per heavy atom. The zero-order chi connectivity index (χ0) is 22.7. The average molecular weight is 432 g/mol. The number of furan rings is 1. The molecule has 0 aliphatic carbocycles. The highest BCUT2D eigenvalue weighted by molar-refractivity contribution is 6.09. The monoisotopic (exact) mass is 432 g/mol. The van der Waals surface area contributed by atoms with Gasteiger partial charge in [-0.05, 0) is 43.3 Å². The predicted molar refractivity (Wildman–Crippen MR) is 117 cm³/mol. The number of ether oxygens (including phenoxy) is 2. The maximum atomic E-state index is 12.7. The highest BCUT2D eigenvalue weighted by atomic mass is 16.8. The van der Waals surface area contributed by atoms with Gasteiger partial charge >= 0.3 is 11.9 Å². The van der Waals surface area contributed by atoms with E-state index in [9.17, 15) is 14.8 Å². The largest absolute Gasteiger partial charge is 0.733 e. The van der Waals surface area contributed by atoms with Crippen molar-refractivity contribution >= 4 is 28.6 Å². The first-order chi connectivity index (χ1) is 15.5. The summed E-state index contributed by atoms with van der Waals surface area (Å²) < 4.78 is 16.6. The summed E-state index contributed by atoms with van der Waals surface area (Å²) in [6, 6.07) is 19.2. The fourth-order valence-corrected chi connectivity index (χ4v) is 3.26. The van der Waals surface area contributed by atoms with Crippen molar-refractivity contribution in [1.82, 2.24) is 0 Å². The maximum Gasteiger partial charge on any atom is 0.343 e. The molecule has 0 fully saturated rings. The summed E-state index contributed by atoms with van der Waals surface area (Å²) >= 11 is 0. The molecule has 3 aromatic carbocycles. The van der Waals surface area contributed by atoms with Crippen LogP contribution < -0.4 is 9.96 Å². The van der Waals surface area contributed by atoms with Crippen LogP contribution in [-0.2, 0) is 4.74 Å². The van der Waals surface area contributed by atoms with Crippen LogP contribution >= 0.6 is 0 Å². The molecule has 4 aromatic rings. The lowest BCUT2D eigenvalue weighted by molar-refractivity contribution is 0.0528. The third-order valence-electron chi connectivity index (χ3n) is 4.69. The molecular weight excluding hydrogens is 414 g/mol. The zero-order valence-electron chi connectivity index (χ0n) is 17.0. The molecule has 8 heteroatoms. The average Bonchev–Trinajstić information content (AvgIpc) is 3.19. The molecule has 0 saturated carbocycles. The quantitative estimate of drug-likeness (QED) is 0.252. The molecule has 1 aromatic heterocycles. The highest BCUT2D eigenvalue weighted by Gasteiger charge is 2.24. The van der Waals surface area contributed by atoms with Gasteiger partial charge in [0.05, 0.1) is 17.9 Å². The van der Waals surface area contributed by atoms with E-state index < -0.39 is 11.9 Å². The molecule has 0 radical (unpaired) electrons. The normalized spacial score (nSPS) is 10.7. The number of carbonyl (C=O) groups excluding carboxylic acids is 2. The van der Waals surface area contributed by atoms with Crippen molar-refractivity contribution in [2.75, 3.05) is 11.8 Å². The Hall–Kier alpha value is -4.14. The van der Waals surface area contributed by atoms with Crippen LogP contribution in [0.5, 0.6) is 5.75 Å². The third-order valence-corrected chi connectivity index (χ3v) is 4.69. The first kappa shape index (κ1) is 21.1. The van der Waals surface area contributed by atoms with E-state index in [2.05, 4.69) is 0 Å². The van der Waals surface area contributed by atoms with E-state index in [-0.39, 0.29) is 34.4 Å². The van der Waals surface area contributed by atoms with Crippen molar-refractivity contribution in [3.63, 3.8) is 0 Å². The summed E-state index contributed by atoms with van der Waals surface area (Å²) in [5, 5.41) is 20.2. The lowest BCUT2D eigenvalue weighted by Gasteiger charge is -2.21. The van der Waals surface area contributed by atoms with Crippen molar-refractivity contribution < 1.29 is 28.7 Å². The van der Waals surface area contributed by atoms with Gasteiger partial charge in [-0.2, -0.15) is 0 Å². The minimum absolute atomic E-state index is 0.0697. The van der Waals surface area contributed by atoms with E-state index in [1.807, 2.05) is 30.3 Å². The molecule has 162 valence electrons. The molecule has 4 rings (SSSR count). The molecule has 0 bridgehead atoms. The van der Waals surface area contributed by atoms with Gasteiger partial charge in [-0.15, -0.1) is 0 Å². The second-order valence-electron chi connectivity index (χ2n) is 6.76. The molecule has 0 aliphatic heterocycles. The number of esters is 2. The number of fused-ring (bicyclic) bond motifs is 1. The van der Waals surface area contributed by atoms with Gasteiger partial charge in [-0.1, -0.05) is 36.4 Å². The molecule has 0 atom stereocenters. The first-order valence-corrected chi connectivity index (χ1v) is 9.75. The van der Waals surface area contributed by atoms with Crippen molar-refractivity contribution in [2.45, 2.75) is 6.92 Å². The highest BCUT2D eigenvalue weighted by Crippen LogP contribution is 2.36. The standard InChI is InChI=1S/C24H18NO7/c1-2-30-24(27)21-19-14-18(31-23(26)16-9-6-10-17(13-16)25(28)29)11-12-20(19)32-22(21)15-7-4-3-5-8-15/h3-14,28H,2H2,1H3/q-1. The van der Waals surface area contributed by atoms with Gasteiger partial charge in [0.25, 0.3) is 0 Å². The molecule has 0 spiro atoms. The first-order valence-electron chi connectivity index (χ1n) is 9.75. The van der Waals surface area contributed by atoms with Gasteiger partial charge < -0.3 is 24.3 Å². The predicted octanol–water partition coefficient (Wildman–Crippen LogP) is 5.19. The summed E-state index contributed by atoms with van der Waals surface area (Å²) in [6.07, 6.45) is 0. The Bertz CT molecular complexity index is 1280. The fourth-order valence-electron chi connectivity index (χ4n) is 3.26. The Kier molecular flexibility index (Phi) is 5.89. The molecular formula is C24H18NO7-. The zero-order valence-corrected chi connectivity index (χ0v) is 17.0. The summed E-state index contributed by atoms with van der Waals surface area (Å²) in [6.45, 7) is 1.89. The number of carbonyl (C=O) groups is 2. The molecule has 0 unspecified atom stereocenters. The van der Waals surface area contributed by atoms with E-state index in [1.165, 1.54) is 36.4 Å². The molecule has 1 heterocycles. The van der Waals surface area contributed by atoms with Gasteiger partial charge in [0.1, 0.15) is 22.7 Å². The topological polar surface area (TPSA) is 112 Å². The minimum atomic E-state index is -0.738. The smallest absolute Gasteiger partial charge is 0.343 e. The van der Waals surface area contributed by atoms with Crippen LogP contribution in [-0.4, -0.2) is 23.8 Å². The van der Waals surface area contributed by atoms with E-state index in [4.69, 9.17) is 19.1 Å². The van der Waals surface area contributed by atoms with Crippen LogP contribution in [0.4, 0.5) is 5.69 Å². The number of rotatable bonds is 6. The Morgan fingerprint density at radius 3 is 2.50 bits per heavy atom. The summed E-state index contributed by atoms with van der Waals surface area (Å²) in [7, 11) is 0. The molecule has 1 N–H and O–H groups in total. The Labute approximate surface area is 182 Å². The van der Waals surface area contributed by atoms with Crippen molar-refractivity contribution in [3.8, 4) is 17.1 Å². The van der Waals surface area contributed by atoms with Crippen LogP contribution in [0.3, 0.4) is 0 Å². The number of benzene rings is 3. The molecule has 32 heavy (non-hydrogen) atoms. The van der Waals surface area contributed by atoms with Crippen molar-refractivity contribution in [2.24, 2.45) is 0 Å².